The molecule has 1 aromatic rings. The van der Waals surface area contributed by atoms with Gasteiger partial charge in [-0.1, -0.05) is 47.1 Å². The topological polar surface area (TPSA) is 23.1 Å². The first-order valence-electron chi connectivity index (χ1n) is 3.39. The zero-order chi connectivity index (χ0) is 8.69. The fourth-order valence-electron chi connectivity index (χ4n) is 0.534. The van der Waals surface area contributed by atoms with E-state index in [1.165, 1.54) is 5.56 Å². The second-order valence-electron chi connectivity index (χ2n) is 2.40. The van der Waals surface area contributed by atoms with Crippen molar-refractivity contribution in [3.8, 4) is 0 Å². The van der Waals surface area contributed by atoms with Crippen molar-refractivity contribution in [3.63, 3.8) is 0 Å². The SMILES string of the molecule is C[S+](C)[O-].Cc1ccccc1. The smallest absolute Gasteiger partial charge is 0.0946 e. The summed E-state index contributed by atoms with van der Waals surface area (Å²) < 4.78 is 9.56. The van der Waals surface area contributed by atoms with Gasteiger partial charge in [-0.3, -0.25) is 0 Å². The van der Waals surface area contributed by atoms with Gasteiger partial charge in [-0.2, -0.15) is 0 Å². The van der Waals surface area contributed by atoms with Crippen molar-refractivity contribution in [2.45, 2.75) is 6.92 Å². The van der Waals surface area contributed by atoms with E-state index in [9.17, 15) is 4.55 Å². The Kier molecular flexibility index (Phi) is 5.99. The molecule has 1 aromatic carbocycles. The van der Waals surface area contributed by atoms with Crippen LogP contribution in [0.1, 0.15) is 5.56 Å². The molecule has 0 spiro atoms. The maximum atomic E-state index is 9.56. The summed E-state index contributed by atoms with van der Waals surface area (Å²) in [6.07, 6.45) is 3.28. The Hall–Kier alpha value is -0.470. The van der Waals surface area contributed by atoms with Gasteiger partial charge in [0.15, 0.2) is 0 Å². The minimum atomic E-state index is -0.611. The summed E-state index contributed by atoms with van der Waals surface area (Å²) in [5, 5.41) is 0. The molecule has 0 radical (unpaired) electrons. The highest BCUT2D eigenvalue weighted by Crippen LogP contribution is 1.92. The van der Waals surface area contributed by atoms with Crippen LogP contribution in [0.2, 0.25) is 0 Å². The highest BCUT2D eigenvalue weighted by Gasteiger charge is 1.72. The van der Waals surface area contributed by atoms with E-state index in [0.717, 1.165) is 0 Å². The fourth-order valence-corrected chi connectivity index (χ4v) is 0.534. The summed E-state index contributed by atoms with van der Waals surface area (Å²) in [6.45, 7) is 2.08. The van der Waals surface area contributed by atoms with Crippen LogP contribution in [0.5, 0.6) is 0 Å². The van der Waals surface area contributed by atoms with E-state index in [2.05, 4.69) is 19.1 Å². The third-order valence-electron chi connectivity index (χ3n) is 0.940. The third kappa shape index (κ3) is 9.53. The van der Waals surface area contributed by atoms with Crippen molar-refractivity contribution in [2.24, 2.45) is 0 Å². The van der Waals surface area contributed by atoms with E-state index in [0.29, 0.717) is 0 Å². The molecule has 11 heavy (non-hydrogen) atoms. The molecule has 0 fully saturated rings. The Balaban J connectivity index is 0.000000218. The summed E-state index contributed by atoms with van der Waals surface area (Å²) in [5.41, 5.74) is 1.32. The summed E-state index contributed by atoms with van der Waals surface area (Å²) in [6, 6.07) is 10.3. The molecular formula is C9H14OS. The van der Waals surface area contributed by atoms with Crippen LogP contribution in [0.15, 0.2) is 30.3 Å². The van der Waals surface area contributed by atoms with Gasteiger partial charge in [0.05, 0.1) is 12.5 Å². The lowest BCUT2D eigenvalue weighted by atomic mass is 10.2. The van der Waals surface area contributed by atoms with Crippen LogP contribution >= 0.6 is 0 Å². The maximum absolute atomic E-state index is 9.56. The predicted octanol–water partition coefficient (Wildman–Crippen LogP) is 1.99. The quantitative estimate of drug-likeness (QED) is 0.546. The molecule has 0 atom stereocenters. The van der Waals surface area contributed by atoms with Gasteiger partial charge >= 0.3 is 0 Å². The number of hydrogen-bond acceptors (Lipinski definition) is 1. The van der Waals surface area contributed by atoms with Gasteiger partial charge in [0.2, 0.25) is 0 Å². The van der Waals surface area contributed by atoms with E-state index in [1.807, 2.05) is 18.2 Å². The second kappa shape index (κ2) is 6.25. The summed E-state index contributed by atoms with van der Waals surface area (Å²) in [7, 11) is 0. The first-order chi connectivity index (χ1) is 5.13. The number of aryl methyl sites for hydroxylation is 1. The molecule has 1 rings (SSSR count). The Morgan fingerprint density at radius 2 is 1.45 bits per heavy atom. The molecule has 0 amide bonds. The predicted molar refractivity (Wildman–Crippen MR) is 51.2 cm³/mol. The van der Waals surface area contributed by atoms with E-state index >= 15 is 0 Å². The molecule has 0 saturated carbocycles. The molecule has 62 valence electrons. The monoisotopic (exact) mass is 170 g/mol. The average Bonchev–Trinajstić information content (AvgIpc) is 1.87. The van der Waals surface area contributed by atoms with Crippen LogP contribution in [0.25, 0.3) is 0 Å². The molecular weight excluding hydrogens is 156 g/mol. The van der Waals surface area contributed by atoms with Crippen molar-refractivity contribution in [2.75, 3.05) is 12.5 Å². The molecule has 0 heterocycles. The molecule has 1 nitrogen and oxygen atoms in total. The van der Waals surface area contributed by atoms with Gasteiger partial charge in [0.25, 0.3) is 0 Å². The minimum Gasteiger partial charge on any atom is -0.617 e. The molecule has 0 aromatic heterocycles. The first-order valence-corrected chi connectivity index (χ1v) is 5.36. The zero-order valence-corrected chi connectivity index (χ0v) is 8.02. The Bertz CT molecular complexity index is 169. The van der Waals surface area contributed by atoms with Crippen LogP contribution in [0.4, 0.5) is 0 Å². The van der Waals surface area contributed by atoms with E-state index in [4.69, 9.17) is 0 Å². The van der Waals surface area contributed by atoms with Crippen LogP contribution in [0.3, 0.4) is 0 Å². The number of rotatable bonds is 0. The van der Waals surface area contributed by atoms with Gasteiger partial charge < -0.3 is 4.55 Å². The Morgan fingerprint density at radius 1 is 1.09 bits per heavy atom. The molecule has 0 saturated heterocycles. The molecule has 0 aliphatic heterocycles. The van der Waals surface area contributed by atoms with Crippen LogP contribution in [-0.2, 0) is 11.2 Å². The van der Waals surface area contributed by atoms with Crippen LogP contribution in [-0.4, -0.2) is 17.1 Å². The maximum Gasteiger partial charge on any atom is 0.0946 e. The van der Waals surface area contributed by atoms with Crippen molar-refractivity contribution in [1.82, 2.24) is 0 Å². The van der Waals surface area contributed by atoms with Crippen LogP contribution < -0.4 is 0 Å². The van der Waals surface area contributed by atoms with E-state index < -0.39 is 11.2 Å². The molecule has 0 bridgehead atoms. The third-order valence-corrected chi connectivity index (χ3v) is 0.940. The van der Waals surface area contributed by atoms with Gasteiger partial charge in [-0.15, -0.1) is 0 Å². The van der Waals surface area contributed by atoms with Crippen molar-refractivity contribution in [3.05, 3.63) is 35.9 Å². The van der Waals surface area contributed by atoms with Crippen molar-refractivity contribution < 1.29 is 4.55 Å². The average molecular weight is 170 g/mol. The van der Waals surface area contributed by atoms with Crippen LogP contribution in [0, 0.1) is 6.92 Å². The number of hydrogen-bond donors (Lipinski definition) is 0. The highest BCUT2D eigenvalue weighted by molar-refractivity contribution is 7.89. The molecule has 0 unspecified atom stereocenters. The van der Waals surface area contributed by atoms with Gasteiger partial charge in [-0.05, 0) is 6.92 Å². The zero-order valence-electron chi connectivity index (χ0n) is 7.20. The van der Waals surface area contributed by atoms with Gasteiger partial charge in [0.1, 0.15) is 0 Å². The fraction of sp³-hybridized carbons (Fsp3) is 0.333. The largest absolute Gasteiger partial charge is 0.617 e. The lowest BCUT2D eigenvalue weighted by Crippen LogP contribution is -1.86. The molecule has 2 heteroatoms. The summed E-state index contributed by atoms with van der Waals surface area (Å²) in [5.74, 6) is 0. The summed E-state index contributed by atoms with van der Waals surface area (Å²) >= 11 is -0.611. The Morgan fingerprint density at radius 3 is 1.64 bits per heavy atom. The lowest BCUT2D eigenvalue weighted by Gasteiger charge is -1.87. The van der Waals surface area contributed by atoms with Crippen molar-refractivity contribution in [1.29, 1.82) is 0 Å². The van der Waals surface area contributed by atoms with Gasteiger partial charge in [0, 0.05) is 0 Å². The van der Waals surface area contributed by atoms with Crippen molar-refractivity contribution >= 4 is 11.2 Å². The molecule has 0 aliphatic rings. The summed E-state index contributed by atoms with van der Waals surface area (Å²) in [4.78, 5) is 0. The first kappa shape index (κ1) is 10.5. The lowest BCUT2D eigenvalue weighted by molar-refractivity contribution is 0.606. The normalized spacial score (nSPS) is 8.82. The number of benzene rings is 1. The van der Waals surface area contributed by atoms with Gasteiger partial charge in [-0.25, -0.2) is 0 Å². The highest BCUT2D eigenvalue weighted by atomic mass is 32.2. The standard InChI is InChI=1S/C7H8.C2H6OS/c1-7-5-3-2-4-6-7;1-4(2)3/h2-6H,1H3;1-2H3. The van der Waals surface area contributed by atoms with E-state index in [1.54, 1.807) is 12.5 Å². The molecule has 0 aliphatic carbocycles. The second-order valence-corrected chi connectivity index (χ2v) is 3.88. The minimum absolute atomic E-state index is 0.611. The van der Waals surface area contributed by atoms with E-state index in [-0.39, 0.29) is 0 Å². The Labute approximate surface area is 71.6 Å². The molecule has 0 N–H and O–H groups in total.